The van der Waals surface area contributed by atoms with Gasteiger partial charge in [-0.1, -0.05) is 0 Å². The number of sulfonamides is 1. The lowest BCUT2D eigenvalue weighted by Crippen LogP contribution is -2.14. The molecule has 1 aromatic carbocycles. The van der Waals surface area contributed by atoms with Crippen LogP contribution >= 0.6 is 0 Å². The van der Waals surface area contributed by atoms with E-state index in [1.54, 1.807) is 0 Å². The summed E-state index contributed by atoms with van der Waals surface area (Å²) >= 11 is 0. The van der Waals surface area contributed by atoms with Crippen molar-refractivity contribution in [2.45, 2.75) is 4.90 Å². The summed E-state index contributed by atoms with van der Waals surface area (Å²) in [5.41, 5.74) is -0.571. The lowest BCUT2D eigenvalue weighted by atomic mass is 10.3. The Labute approximate surface area is 85.7 Å². The van der Waals surface area contributed by atoms with E-state index < -0.39 is 25.5 Å². The topological polar surface area (TPSA) is 113 Å². The van der Waals surface area contributed by atoms with Crippen LogP contribution in [0.25, 0.3) is 0 Å². The highest BCUT2D eigenvalue weighted by Crippen LogP contribution is 2.26. The van der Waals surface area contributed by atoms with E-state index >= 15 is 0 Å². The first-order chi connectivity index (χ1) is 6.86. The molecule has 0 fully saturated rings. The molecule has 2 N–H and O–H groups in total. The predicted molar refractivity (Wildman–Crippen MR) is 51.0 cm³/mol. The molecule has 0 atom stereocenters. The van der Waals surface area contributed by atoms with Crippen molar-refractivity contribution in [1.82, 2.24) is 0 Å². The minimum Gasteiger partial charge on any atom is -0.497 e. The van der Waals surface area contributed by atoms with E-state index in [9.17, 15) is 18.5 Å². The molecule has 0 aromatic heterocycles. The van der Waals surface area contributed by atoms with Crippen molar-refractivity contribution in [1.29, 1.82) is 0 Å². The smallest absolute Gasteiger partial charge is 0.289 e. The van der Waals surface area contributed by atoms with E-state index in [1.807, 2.05) is 0 Å². The van der Waals surface area contributed by atoms with Crippen LogP contribution in [0.5, 0.6) is 5.75 Å². The number of hydrogen-bond acceptors (Lipinski definition) is 5. The quantitative estimate of drug-likeness (QED) is 0.592. The summed E-state index contributed by atoms with van der Waals surface area (Å²) in [7, 11) is -2.82. The first-order valence-corrected chi connectivity index (χ1v) is 5.26. The van der Waals surface area contributed by atoms with Gasteiger partial charge in [-0.2, -0.15) is 0 Å². The second kappa shape index (κ2) is 3.83. The standard InChI is InChI=1S/C7H8N2O5S/c1-14-5-2-3-6(9(10)11)7(4-5)15(8,12)13/h2-4H,1H3,(H2,8,12,13). The minimum absolute atomic E-state index is 0.185. The van der Waals surface area contributed by atoms with Crippen molar-refractivity contribution in [3.8, 4) is 5.75 Å². The summed E-state index contributed by atoms with van der Waals surface area (Å²) in [6.07, 6.45) is 0. The number of methoxy groups -OCH3 is 1. The van der Waals surface area contributed by atoms with Crippen molar-refractivity contribution >= 4 is 15.7 Å². The third-order valence-corrected chi connectivity index (χ3v) is 2.61. The highest BCUT2D eigenvalue weighted by Gasteiger charge is 2.23. The normalized spacial score (nSPS) is 11.1. The van der Waals surface area contributed by atoms with Crippen molar-refractivity contribution in [3.63, 3.8) is 0 Å². The van der Waals surface area contributed by atoms with Crippen molar-refractivity contribution in [2.24, 2.45) is 5.14 Å². The number of benzene rings is 1. The van der Waals surface area contributed by atoms with Gasteiger partial charge in [-0.3, -0.25) is 10.1 Å². The molecule has 7 nitrogen and oxygen atoms in total. The van der Waals surface area contributed by atoms with Gasteiger partial charge in [0.15, 0.2) is 4.90 Å². The van der Waals surface area contributed by atoms with Crippen LogP contribution in [0.4, 0.5) is 5.69 Å². The number of nitro benzene ring substituents is 1. The monoisotopic (exact) mass is 232 g/mol. The first kappa shape index (κ1) is 11.4. The third-order valence-electron chi connectivity index (χ3n) is 1.67. The zero-order chi connectivity index (χ0) is 11.6. The summed E-state index contributed by atoms with van der Waals surface area (Å²) < 4.78 is 26.8. The fraction of sp³-hybridized carbons (Fsp3) is 0.143. The van der Waals surface area contributed by atoms with Crippen LogP contribution in [-0.4, -0.2) is 20.5 Å². The summed E-state index contributed by atoms with van der Waals surface area (Å²) in [5.74, 6) is 0.185. The molecule has 0 heterocycles. The Morgan fingerprint density at radius 3 is 2.47 bits per heavy atom. The van der Waals surface area contributed by atoms with Gasteiger partial charge in [0.2, 0.25) is 10.0 Å². The molecule has 0 amide bonds. The molecule has 8 heteroatoms. The van der Waals surface area contributed by atoms with Crippen LogP contribution in [-0.2, 0) is 10.0 Å². The van der Waals surface area contributed by atoms with E-state index in [0.29, 0.717) is 0 Å². The van der Waals surface area contributed by atoms with Gasteiger partial charge >= 0.3 is 0 Å². The molecule has 0 bridgehead atoms. The number of ether oxygens (including phenoxy) is 1. The van der Waals surface area contributed by atoms with Crippen molar-refractivity contribution in [2.75, 3.05) is 7.11 Å². The van der Waals surface area contributed by atoms with Gasteiger partial charge in [0.1, 0.15) is 5.75 Å². The lowest BCUT2D eigenvalue weighted by Gasteiger charge is -2.03. The van der Waals surface area contributed by atoms with Gasteiger partial charge in [0.25, 0.3) is 5.69 Å². The minimum atomic E-state index is -4.13. The number of nitrogens with two attached hydrogens (primary N) is 1. The van der Waals surface area contributed by atoms with Crippen LogP contribution in [0.15, 0.2) is 23.1 Å². The average Bonchev–Trinajstić information content (AvgIpc) is 2.15. The summed E-state index contributed by atoms with van der Waals surface area (Å²) in [6.45, 7) is 0. The molecule has 15 heavy (non-hydrogen) atoms. The molecular formula is C7H8N2O5S. The maximum Gasteiger partial charge on any atom is 0.289 e. The molecule has 0 unspecified atom stereocenters. The summed E-state index contributed by atoms with van der Waals surface area (Å²) in [4.78, 5) is 9.13. The van der Waals surface area contributed by atoms with Gasteiger partial charge in [-0.15, -0.1) is 0 Å². The predicted octanol–water partition coefficient (Wildman–Crippen LogP) is 0.251. The largest absolute Gasteiger partial charge is 0.497 e. The van der Waals surface area contributed by atoms with Crippen molar-refractivity contribution in [3.05, 3.63) is 28.3 Å². The molecule has 0 saturated heterocycles. The lowest BCUT2D eigenvalue weighted by molar-refractivity contribution is -0.387. The fourth-order valence-electron chi connectivity index (χ4n) is 1.00. The highest BCUT2D eigenvalue weighted by atomic mass is 32.2. The Morgan fingerprint density at radius 1 is 1.47 bits per heavy atom. The van der Waals surface area contributed by atoms with Crippen LogP contribution < -0.4 is 9.88 Å². The van der Waals surface area contributed by atoms with Gasteiger partial charge in [-0.25, -0.2) is 13.6 Å². The fourth-order valence-corrected chi connectivity index (χ4v) is 1.71. The molecule has 0 aliphatic heterocycles. The number of nitrogens with zero attached hydrogens (tertiary/aromatic N) is 1. The second-order valence-electron chi connectivity index (χ2n) is 2.64. The average molecular weight is 232 g/mol. The number of rotatable bonds is 3. The molecule has 0 aliphatic carbocycles. The SMILES string of the molecule is COc1ccc([N+](=O)[O-])c(S(N)(=O)=O)c1. The Kier molecular flexibility index (Phi) is 2.91. The molecule has 1 aromatic rings. The molecule has 0 spiro atoms. The molecule has 0 radical (unpaired) electrons. The van der Waals surface area contributed by atoms with Crippen molar-refractivity contribution < 1.29 is 18.1 Å². The van der Waals surface area contributed by atoms with E-state index in [0.717, 1.165) is 12.1 Å². The Hall–Kier alpha value is -1.67. The second-order valence-corrected chi connectivity index (χ2v) is 4.17. The Bertz CT molecular complexity index is 496. The number of nitro groups is 1. The van der Waals surface area contributed by atoms with E-state index in [4.69, 9.17) is 9.88 Å². The summed E-state index contributed by atoms with van der Waals surface area (Å²) in [6, 6.07) is 3.32. The first-order valence-electron chi connectivity index (χ1n) is 3.71. The molecule has 0 saturated carbocycles. The molecule has 0 aliphatic rings. The van der Waals surface area contributed by atoms with Gasteiger partial charge in [0, 0.05) is 12.1 Å². The van der Waals surface area contributed by atoms with Crippen LogP contribution in [0.2, 0.25) is 0 Å². The van der Waals surface area contributed by atoms with E-state index in [1.165, 1.54) is 13.2 Å². The van der Waals surface area contributed by atoms with E-state index in [-0.39, 0.29) is 5.75 Å². The van der Waals surface area contributed by atoms with Gasteiger partial charge < -0.3 is 4.74 Å². The number of primary sulfonamides is 1. The number of hydrogen-bond donors (Lipinski definition) is 1. The molecule has 1 rings (SSSR count). The summed E-state index contributed by atoms with van der Waals surface area (Å²) in [5, 5.41) is 15.3. The third kappa shape index (κ3) is 2.42. The zero-order valence-corrected chi connectivity index (χ0v) is 8.52. The van der Waals surface area contributed by atoms with Gasteiger partial charge in [0.05, 0.1) is 12.0 Å². The van der Waals surface area contributed by atoms with E-state index in [2.05, 4.69) is 0 Å². The highest BCUT2D eigenvalue weighted by molar-refractivity contribution is 7.89. The van der Waals surface area contributed by atoms with Gasteiger partial charge in [-0.05, 0) is 6.07 Å². The van der Waals surface area contributed by atoms with Crippen LogP contribution in [0.1, 0.15) is 0 Å². The van der Waals surface area contributed by atoms with Crippen LogP contribution in [0.3, 0.4) is 0 Å². The Balaban J connectivity index is 3.50. The molecule has 82 valence electrons. The maximum absolute atomic E-state index is 11.0. The Morgan fingerprint density at radius 2 is 2.07 bits per heavy atom. The van der Waals surface area contributed by atoms with Crippen LogP contribution in [0, 0.1) is 10.1 Å². The zero-order valence-electron chi connectivity index (χ0n) is 7.71. The molecular weight excluding hydrogens is 224 g/mol. The maximum atomic E-state index is 11.0.